The Labute approximate surface area is 92.6 Å². The lowest BCUT2D eigenvalue weighted by Crippen LogP contribution is -2.04. The van der Waals surface area contributed by atoms with E-state index in [1.807, 2.05) is 36.0 Å². The van der Waals surface area contributed by atoms with Gasteiger partial charge in [0, 0.05) is 12.4 Å². The summed E-state index contributed by atoms with van der Waals surface area (Å²) in [6.07, 6.45) is 3.45. The van der Waals surface area contributed by atoms with Crippen LogP contribution < -0.4 is 0 Å². The molecule has 16 heavy (non-hydrogen) atoms. The SMILES string of the molecule is Cn1nc(C2(N=C=O)CC2)c2ccccc21. The van der Waals surface area contributed by atoms with Crippen molar-refractivity contribution >= 4 is 17.0 Å². The van der Waals surface area contributed by atoms with Gasteiger partial charge in [-0.3, -0.25) is 4.68 Å². The molecule has 0 atom stereocenters. The number of nitrogens with zero attached hydrogens (tertiary/aromatic N) is 3. The summed E-state index contributed by atoms with van der Waals surface area (Å²) >= 11 is 0. The van der Waals surface area contributed by atoms with E-state index in [0.29, 0.717) is 0 Å². The maximum atomic E-state index is 10.5. The lowest BCUT2D eigenvalue weighted by atomic mass is 10.1. The van der Waals surface area contributed by atoms with Crippen molar-refractivity contribution in [2.24, 2.45) is 12.0 Å². The van der Waals surface area contributed by atoms with Crippen LogP contribution in [0.15, 0.2) is 29.3 Å². The topological polar surface area (TPSA) is 47.2 Å². The molecule has 1 aromatic heterocycles. The third kappa shape index (κ3) is 1.14. The second-order valence-electron chi connectivity index (χ2n) is 4.22. The molecule has 0 N–H and O–H groups in total. The zero-order chi connectivity index (χ0) is 11.2. The van der Waals surface area contributed by atoms with Crippen LogP contribution in [-0.4, -0.2) is 15.9 Å². The number of benzene rings is 1. The maximum Gasteiger partial charge on any atom is 0.235 e. The molecule has 1 fully saturated rings. The first-order valence-electron chi connectivity index (χ1n) is 5.28. The van der Waals surface area contributed by atoms with E-state index in [0.717, 1.165) is 29.4 Å². The molecule has 0 saturated heterocycles. The molecule has 1 saturated carbocycles. The van der Waals surface area contributed by atoms with Gasteiger partial charge in [-0.25, -0.2) is 4.79 Å². The molecule has 0 amide bonds. The van der Waals surface area contributed by atoms with E-state index in [9.17, 15) is 4.79 Å². The number of para-hydroxylation sites is 1. The van der Waals surface area contributed by atoms with Gasteiger partial charge in [0.05, 0.1) is 11.2 Å². The number of aromatic nitrogens is 2. The molecule has 80 valence electrons. The fourth-order valence-electron chi connectivity index (χ4n) is 2.16. The third-order valence-electron chi connectivity index (χ3n) is 3.18. The van der Waals surface area contributed by atoms with Crippen LogP contribution in [0.3, 0.4) is 0 Å². The summed E-state index contributed by atoms with van der Waals surface area (Å²) in [4.78, 5) is 14.4. The van der Waals surface area contributed by atoms with Gasteiger partial charge in [0.25, 0.3) is 0 Å². The van der Waals surface area contributed by atoms with Gasteiger partial charge >= 0.3 is 0 Å². The molecule has 1 heterocycles. The predicted octanol–water partition coefficient (Wildman–Crippen LogP) is 1.90. The molecule has 0 unspecified atom stereocenters. The lowest BCUT2D eigenvalue weighted by Gasteiger charge is -2.02. The Morgan fingerprint density at radius 3 is 2.88 bits per heavy atom. The van der Waals surface area contributed by atoms with Crippen LogP contribution in [0.1, 0.15) is 18.5 Å². The van der Waals surface area contributed by atoms with Crippen molar-refractivity contribution < 1.29 is 4.79 Å². The van der Waals surface area contributed by atoms with Gasteiger partial charge in [-0.2, -0.15) is 10.1 Å². The van der Waals surface area contributed by atoms with Gasteiger partial charge < -0.3 is 0 Å². The summed E-state index contributed by atoms with van der Waals surface area (Å²) in [6.45, 7) is 0. The van der Waals surface area contributed by atoms with Gasteiger partial charge in [-0.05, 0) is 18.9 Å². The molecule has 0 bridgehead atoms. The molecular weight excluding hydrogens is 202 g/mol. The minimum atomic E-state index is -0.386. The quantitative estimate of drug-likeness (QED) is 0.565. The van der Waals surface area contributed by atoms with Crippen molar-refractivity contribution in [3.05, 3.63) is 30.0 Å². The Hall–Kier alpha value is -1.93. The van der Waals surface area contributed by atoms with Crippen LogP contribution in [0.2, 0.25) is 0 Å². The van der Waals surface area contributed by atoms with Gasteiger partial charge in [-0.15, -0.1) is 0 Å². The first kappa shape index (κ1) is 9.31. The summed E-state index contributed by atoms with van der Waals surface area (Å²) in [6, 6.07) is 8.01. The van der Waals surface area contributed by atoms with Crippen molar-refractivity contribution in [3.8, 4) is 0 Å². The van der Waals surface area contributed by atoms with Gasteiger partial charge in [0.1, 0.15) is 5.54 Å². The molecule has 0 aliphatic heterocycles. The largest absolute Gasteiger partial charge is 0.268 e. The number of aliphatic imine (C=N–C) groups is 1. The second kappa shape index (κ2) is 3.03. The van der Waals surface area contributed by atoms with E-state index in [1.165, 1.54) is 0 Å². The zero-order valence-corrected chi connectivity index (χ0v) is 8.97. The number of carbonyl (C=O) groups excluding carboxylic acids is 1. The van der Waals surface area contributed by atoms with Crippen LogP contribution in [0.25, 0.3) is 10.9 Å². The van der Waals surface area contributed by atoms with Gasteiger partial charge in [0.2, 0.25) is 6.08 Å². The highest BCUT2D eigenvalue weighted by atomic mass is 16.1. The minimum Gasteiger partial charge on any atom is -0.268 e. The molecule has 3 rings (SSSR count). The fourth-order valence-corrected chi connectivity index (χ4v) is 2.16. The Morgan fingerprint density at radius 2 is 2.19 bits per heavy atom. The zero-order valence-electron chi connectivity index (χ0n) is 8.97. The number of rotatable bonds is 2. The maximum absolute atomic E-state index is 10.5. The second-order valence-corrected chi connectivity index (χ2v) is 4.22. The highest BCUT2D eigenvalue weighted by Gasteiger charge is 2.48. The lowest BCUT2D eigenvalue weighted by molar-refractivity contribution is 0.554. The number of isocyanates is 1. The molecule has 2 aromatic rings. The predicted molar refractivity (Wildman–Crippen MR) is 59.7 cm³/mol. The van der Waals surface area contributed by atoms with Gasteiger partial charge in [-0.1, -0.05) is 18.2 Å². The summed E-state index contributed by atoms with van der Waals surface area (Å²) in [5.74, 6) is 0. The molecule has 1 aliphatic carbocycles. The molecule has 4 heteroatoms. The van der Waals surface area contributed by atoms with Crippen LogP contribution >= 0.6 is 0 Å². The third-order valence-corrected chi connectivity index (χ3v) is 3.18. The van der Waals surface area contributed by atoms with E-state index < -0.39 is 0 Å². The Bertz CT molecular complexity index is 604. The summed E-state index contributed by atoms with van der Waals surface area (Å²) in [7, 11) is 1.91. The average molecular weight is 213 g/mol. The van der Waals surface area contributed by atoms with E-state index >= 15 is 0 Å². The highest BCUT2D eigenvalue weighted by molar-refractivity contribution is 5.83. The summed E-state index contributed by atoms with van der Waals surface area (Å²) in [5, 5.41) is 5.57. The molecule has 1 aromatic carbocycles. The molecule has 0 radical (unpaired) electrons. The summed E-state index contributed by atoms with van der Waals surface area (Å²) < 4.78 is 1.84. The molecule has 0 spiro atoms. The monoisotopic (exact) mass is 213 g/mol. The van der Waals surface area contributed by atoms with Crippen molar-refractivity contribution in [1.29, 1.82) is 0 Å². The van der Waals surface area contributed by atoms with E-state index in [4.69, 9.17) is 0 Å². The Balaban J connectivity index is 2.29. The van der Waals surface area contributed by atoms with Crippen molar-refractivity contribution in [1.82, 2.24) is 9.78 Å². The van der Waals surface area contributed by atoms with Crippen molar-refractivity contribution in [2.75, 3.05) is 0 Å². The van der Waals surface area contributed by atoms with Crippen molar-refractivity contribution in [3.63, 3.8) is 0 Å². The Morgan fingerprint density at radius 1 is 1.44 bits per heavy atom. The smallest absolute Gasteiger partial charge is 0.235 e. The van der Waals surface area contributed by atoms with E-state index in [2.05, 4.69) is 10.1 Å². The van der Waals surface area contributed by atoms with E-state index in [1.54, 1.807) is 6.08 Å². The van der Waals surface area contributed by atoms with Crippen LogP contribution in [0.5, 0.6) is 0 Å². The molecular formula is C12H11N3O. The standard InChI is InChI=1S/C12H11N3O/c1-15-10-5-3-2-4-9(10)11(14-15)12(6-7-12)13-8-16/h2-5H,6-7H2,1H3. The number of aryl methyl sites for hydroxylation is 1. The molecule has 1 aliphatic rings. The highest BCUT2D eigenvalue weighted by Crippen LogP contribution is 2.50. The first-order valence-corrected chi connectivity index (χ1v) is 5.28. The van der Waals surface area contributed by atoms with Crippen molar-refractivity contribution in [2.45, 2.75) is 18.4 Å². The van der Waals surface area contributed by atoms with Gasteiger partial charge in [0.15, 0.2) is 0 Å². The van der Waals surface area contributed by atoms with Crippen LogP contribution in [-0.2, 0) is 17.4 Å². The summed E-state index contributed by atoms with van der Waals surface area (Å²) in [5.41, 5.74) is 1.60. The van der Waals surface area contributed by atoms with E-state index in [-0.39, 0.29) is 5.54 Å². The number of fused-ring (bicyclic) bond motifs is 1. The fraction of sp³-hybridized carbons (Fsp3) is 0.333. The Kier molecular flexibility index (Phi) is 1.76. The van der Waals surface area contributed by atoms with Crippen LogP contribution in [0, 0.1) is 0 Å². The first-order chi connectivity index (χ1) is 7.77. The average Bonchev–Trinajstić information content (AvgIpc) is 2.99. The normalized spacial score (nSPS) is 17.1. The minimum absolute atomic E-state index is 0.386. The molecule has 4 nitrogen and oxygen atoms in total. The number of hydrogen-bond donors (Lipinski definition) is 0. The number of hydrogen-bond acceptors (Lipinski definition) is 3. The van der Waals surface area contributed by atoms with Crippen LogP contribution in [0.4, 0.5) is 0 Å².